The second kappa shape index (κ2) is 7.26. The van der Waals surface area contributed by atoms with E-state index in [1.807, 2.05) is 13.8 Å². The fraction of sp³-hybridized carbons (Fsp3) is 0.471. The average molecular weight is 350 g/mol. The third-order valence-electron chi connectivity index (χ3n) is 4.14. The van der Waals surface area contributed by atoms with Gasteiger partial charge in [-0.3, -0.25) is 9.78 Å². The lowest BCUT2D eigenvalue weighted by Crippen LogP contribution is -2.49. The van der Waals surface area contributed by atoms with Gasteiger partial charge >= 0.3 is 0 Å². The molecule has 134 valence electrons. The van der Waals surface area contributed by atoms with Crippen LogP contribution in [0.2, 0.25) is 0 Å². The summed E-state index contributed by atoms with van der Waals surface area (Å²) in [4.78, 5) is 22.9. The summed E-state index contributed by atoms with van der Waals surface area (Å²) in [5, 5.41) is 3.08. The second-order valence-corrected chi connectivity index (χ2v) is 6.31. The van der Waals surface area contributed by atoms with Crippen molar-refractivity contribution in [1.82, 2.24) is 14.9 Å². The molecule has 0 bridgehead atoms. The fourth-order valence-corrected chi connectivity index (χ4v) is 2.73. The summed E-state index contributed by atoms with van der Waals surface area (Å²) in [5.41, 5.74) is 0.482. The van der Waals surface area contributed by atoms with Crippen LogP contribution in [0, 0.1) is 17.6 Å². The van der Waals surface area contributed by atoms with E-state index in [-0.39, 0.29) is 22.9 Å². The molecule has 1 amide bonds. The van der Waals surface area contributed by atoms with Gasteiger partial charge in [0, 0.05) is 25.2 Å². The molecule has 1 aromatic carbocycles. The third kappa shape index (κ3) is 3.84. The molecule has 0 spiro atoms. The Balaban J connectivity index is 1.83. The Morgan fingerprint density at radius 2 is 1.84 bits per heavy atom. The minimum absolute atomic E-state index is 0.0118. The summed E-state index contributed by atoms with van der Waals surface area (Å²) in [6, 6.07) is 1.51. The molecule has 2 aromatic rings. The van der Waals surface area contributed by atoms with Crippen LogP contribution >= 0.6 is 0 Å². The largest absolute Gasteiger partial charge is 0.378 e. The molecule has 1 saturated heterocycles. The molecule has 1 atom stereocenters. The second-order valence-electron chi connectivity index (χ2n) is 6.31. The van der Waals surface area contributed by atoms with Crippen molar-refractivity contribution < 1.29 is 18.3 Å². The topological polar surface area (TPSA) is 67.4 Å². The first-order valence-corrected chi connectivity index (χ1v) is 8.20. The van der Waals surface area contributed by atoms with Crippen molar-refractivity contribution in [3.8, 4) is 0 Å². The first-order chi connectivity index (χ1) is 12.0. The number of nitrogens with one attached hydrogen (secondary N) is 1. The molecule has 1 aliphatic heterocycles. The Bertz CT molecular complexity index is 779. The van der Waals surface area contributed by atoms with Gasteiger partial charge in [-0.1, -0.05) is 13.8 Å². The summed E-state index contributed by atoms with van der Waals surface area (Å²) in [7, 11) is 0. The monoisotopic (exact) mass is 350 g/mol. The molecule has 25 heavy (non-hydrogen) atoms. The van der Waals surface area contributed by atoms with Crippen LogP contribution in [0.15, 0.2) is 18.3 Å². The first kappa shape index (κ1) is 17.5. The maximum Gasteiger partial charge on any atom is 0.245 e. The standard InChI is InChI=1S/C17H20F2N4O2/c1-10(2)16(17(24)23-3-5-25-6-4-23)22-15-9-20-13-7-11(18)12(19)8-14(13)21-15/h7-10,16H,3-6H2,1-2H3,(H,21,22)/t16-/m1/s1. The molecule has 0 aliphatic carbocycles. The molecular formula is C17H20F2N4O2. The van der Waals surface area contributed by atoms with Gasteiger partial charge in [0.2, 0.25) is 5.91 Å². The van der Waals surface area contributed by atoms with Gasteiger partial charge in [-0.15, -0.1) is 0 Å². The Kier molecular flexibility index (Phi) is 5.08. The number of morpholine rings is 1. The molecule has 1 fully saturated rings. The molecular weight excluding hydrogens is 330 g/mol. The number of rotatable bonds is 4. The van der Waals surface area contributed by atoms with Crippen molar-refractivity contribution in [2.75, 3.05) is 31.6 Å². The first-order valence-electron chi connectivity index (χ1n) is 8.20. The van der Waals surface area contributed by atoms with E-state index in [1.165, 1.54) is 6.20 Å². The minimum atomic E-state index is -0.983. The van der Waals surface area contributed by atoms with E-state index in [2.05, 4.69) is 15.3 Å². The molecule has 0 radical (unpaired) electrons. The van der Waals surface area contributed by atoms with E-state index in [1.54, 1.807) is 4.90 Å². The van der Waals surface area contributed by atoms with Gasteiger partial charge in [-0.05, 0) is 5.92 Å². The molecule has 1 N–H and O–H groups in total. The molecule has 6 nitrogen and oxygen atoms in total. The summed E-state index contributed by atoms with van der Waals surface area (Å²) < 4.78 is 31.9. The summed E-state index contributed by atoms with van der Waals surface area (Å²) in [6.45, 7) is 6.02. The van der Waals surface area contributed by atoms with Crippen LogP contribution in [0.25, 0.3) is 11.0 Å². The van der Waals surface area contributed by atoms with Crippen LogP contribution in [0.4, 0.5) is 14.6 Å². The Hall–Kier alpha value is -2.35. The number of hydrogen-bond donors (Lipinski definition) is 1. The Morgan fingerprint density at radius 3 is 2.48 bits per heavy atom. The van der Waals surface area contributed by atoms with E-state index in [9.17, 15) is 13.6 Å². The number of nitrogens with zero attached hydrogens (tertiary/aromatic N) is 3. The van der Waals surface area contributed by atoms with E-state index in [0.717, 1.165) is 12.1 Å². The summed E-state index contributed by atoms with van der Waals surface area (Å²) in [5.74, 6) is -1.63. The number of amides is 1. The van der Waals surface area contributed by atoms with Crippen LogP contribution in [0.3, 0.4) is 0 Å². The van der Waals surface area contributed by atoms with Crippen LogP contribution in [0.1, 0.15) is 13.8 Å². The minimum Gasteiger partial charge on any atom is -0.378 e. The number of aromatic nitrogens is 2. The van der Waals surface area contributed by atoms with Crippen molar-refractivity contribution in [3.63, 3.8) is 0 Å². The van der Waals surface area contributed by atoms with Crippen LogP contribution in [0.5, 0.6) is 0 Å². The lowest BCUT2D eigenvalue weighted by atomic mass is 10.0. The number of ether oxygens (including phenoxy) is 1. The molecule has 8 heteroatoms. The van der Waals surface area contributed by atoms with Crippen molar-refractivity contribution >= 4 is 22.8 Å². The molecule has 0 unspecified atom stereocenters. The number of fused-ring (bicyclic) bond motifs is 1. The van der Waals surface area contributed by atoms with Gasteiger partial charge < -0.3 is 15.0 Å². The molecule has 1 aromatic heterocycles. The zero-order valence-electron chi connectivity index (χ0n) is 14.1. The predicted octanol–water partition coefficient (Wildman–Crippen LogP) is 2.20. The normalized spacial score (nSPS) is 16.3. The van der Waals surface area contributed by atoms with Gasteiger partial charge in [-0.25, -0.2) is 13.8 Å². The molecule has 3 rings (SSSR count). The lowest BCUT2D eigenvalue weighted by molar-refractivity contribution is -0.137. The van der Waals surface area contributed by atoms with Crippen LogP contribution < -0.4 is 5.32 Å². The smallest absolute Gasteiger partial charge is 0.245 e. The maximum absolute atomic E-state index is 13.4. The maximum atomic E-state index is 13.4. The number of halogens is 2. The van der Waals surface area contributed by atoms with Crippen molar-refractivity contribution in [3.05, 3.63) is 30.0 Å². The predicted molar refractivity (Wildman–Crippen MR) is 89.1 cm³/mol. The van der Waals surface area contributed by atoms with Gasteiger partial charge in [0.25, 0.3) is 0 Å². The molecule has 0 saturated carbocycles. The zero-order valence-corrected chi connectivity index (χ0v) is 14.1. The van der Waals surface area contributed by atoms with Crippen molar-refractivity contribution in [2.45, 2.75) is 19.9 Å². The van der Waals surface area contributed by atoms with E-state index < -0.39 is 17.7 Å². The lowest BCUT2D eigenvalue weighted by Gasteiger charge is -2.32. The van der Waals surface area contributed by atoms with Gasteiger partial charge in [0.1, 0.15) is 11.9 Å². The fourth-order valence-electron chi connectivity index (χ4n) is 2.73. The summed E-state index contributed by atoms with van der Waals surface area (Å²) in [6.07, 6.45) is 1.42. The highest BCUT2D eigenvalue weighted by Gasteiger charge is 2.28. The molecule has 2 heterocycles. The van der Waals surface area contributed by atoms with Crippen molar-refractivity contribution in [1.29, 1.82) is 0 Å². The summed E-state index contributed by atoms with van der Waals surface area (Å²) >= 11 is 0. The third-order valence-corrected chi connectivity index (χ3v) is 4.14. The highest BCUT2D eigenvalue weighted by Crippen LogP contribution is 2.19. The van der Waals surface area contributed by atoms with E-state index in [0.29, 0.717) is 32.1 Å². The van der Waals surface area contributed by atoms with Gasteiger partial charge in [0.05, 0.1) is 30.4 Å². The van der Waals surface area contributed by atoms with E-state index in [4.69, 9.17) is 4.74 Å². The van der Waals surface area contributed by atoms with E-state index >= 15 is 0 Å². The quantitative estimate of drug-likeness (QED) is 0.916. The average Bonchev–Trinajstić information content (AvgIpc) is 2.60. The number of carbonyl (C=O) groups excluding carboxylic acids is 1. The van der Waals surface area contributed by atoms with Crippen LogP contribution in [-0.4, -0.2) is 53.1 Å². The van der Waals surface area contributed by atoms with Crippen LogP contribution in [-0.2, 0) is 9.53 Å². The number of benzene rings is 1. The van der Waals surface area contributed by atoms with Gasteiger partial charge in [0.15, 0.2) is 11.6 Å². The van der Waals surface area contributed by atoms with Gasteiger partial charge in [-0.2, -0.15) is 0 Å². The number of anilines is 1. The number of hydrogen-bond acceptors (Lipinski definition) is 5. The SMILES string of the molecule is CC(C)[C@@H](Nc1cnc2cc(F)c(F)cc2n1)C(=O)N1CCOCC1. The highest BCUT2D eigenvalue weighted by atomic mass is 19.2. The Morgan fingerprint density at radius 1 is 1.20 bits per heavy atom. The zero-order chi connectivity index (χ0) is 18.0. The molecule has 1 aliphatic rings. The Labute approximate surface area is 144 Å². The van der Waals surface area contributed by atoms with Crippen molar-refractivity contribution in [2.24, 2.45) is 5.92 Å². The highest BCUT2D eigenvalue weighted by molar-refractivity contribution is 5.85. The number of carbonyl (C=O) groups is 1.